The lowest BCUT2D eigenvalue weighted by Crippen LogP contribution is -2.24. The second-order valence-corrected chi connectivity index (χ2v) is 12.2. The second-order valence-electron chi connectivity index (χ2n) is 12.2. The largest absolute Gasteiger partial charge is 0.379 e. The predicted molar refractivity (Wildman–Crippen MR) is 189 cm³/mol. The lowest BCUT2D eigenvalue weighted by molar-refractivity contribution is 0.778. The van der Waals surface area contributed by atoms with Crippen molar-refractivity contribution < 1.29 is 0 Å². The molecule has 1 nitrogen and oxygen atoms in total. The molecule has 1 atom stereocenters. The van der Waals surface area contributed by atoms with Gasteiger partial charge in [-0.2, -0.15) is 0 Å². The highest BCUT2D eigenvalue weighted by Gasteiger charge is 2.25. The van der Waals surface area contributed by atoms with Gasteiger partial charge in [0.1, 0.15) is 0 Å². The first kappa shape index (κ1) is 25.1. The lowest BCUT2D eigenvalue weighted by atomic mass is 9.84. The number of fused-ring (bicyclic) bond motifs is 5. The van der Waals surface area contributed by atoms with Crippen molar-refractivity contribution >= 4 is 38.0 Å². The van der Waals surface area contributed by atoms with Gasteiger partial charge in [0.05, 0.1) is 0 Å². The Morgan fingerprint density at radius 1 is 0.477 bits per heavy atom. The molecule has 0 saturated heterocycles. The van der Waals surface area contributed by atoms with E-state index in [1.165, 1.54) is 93.6 Å². The van der Waals surface area contributed by atoms with E-state index in [9.17, 15) is 0 Å². The topological polar surface area (TPSA) is 12.0 Å². The molecule has 0 fully saturated rings. The van der Waals surface area contributed by atoms with Crippen molar-refractivity contribution in [2.24, 2.45) is 0 Å². The minimum Gasteiger partial charge on any atom is -0.379 e. The predicted octanol–water partition coefficient (Wildman–Crippen LogP) is 11.3. The molecule has 9 rings (SSSR count). The van der Waals surface area contributed by atoms with Gasteiger partial charge in [-0.3, -0.25) is 0 Å². The summed E-state index contributed by atoms with van der Waals surface area (Å²) in [5, 5.41) is 11.4. The number of dihydropyridines is 1. The Bertz CT molecular complexity index is 2310. The van der Waals surface area contributed by atoms with Crippen molar-refractivity contribution in [1.29, 1.82) is 0 Å². The minimum absolute atomic E-state index is 0.333. The van der Waals surface area contributed by atoms with Crippen LogP contribution < -0.4 is 5.32 Å². The van der Waals surface area contributed by atoms with E-state index < -0.39 is 0 Å². The molecule has 0 amide bonds. The third-order valence-electron chi connectivity index (χ3n) is 9.60. The molecule has 208 valence electrons. The van der Waals surface area contributed by atoms with E-state index in [0.717, 1.165) is 0 Å². The van der Waals surface area contributed by atoms with Crippen LogP contribution in [0.5, 0.6) is 0 Å². The molecule has 1 heterocycles. The molecular weight excluding hydrogens is 530 g/mol. The van der Waals surface area contributed by atoms with Crippen molar-refractivity contribution in [2.75, 3.05) is 0 Å². The zero-order valence-corrected chi connectivity index (χ0v) is 24.9. The molecule has 0 bridgehead atoms. The number of hydrogen-bond acceptors (Lipinski definition) is 1. The van der Waals surface area contributed by atoms with Crippen LogP contribution in [0.2, 0.25) is 0 Å². The number of nitrogens with one attached hydrogen (secondary N) is 1. The third kappa shape index (κ3) is 3.59. The zero-order chi connectivity index (χ0) is 29.4. The van der Waals surface area contributed by atoms with Crippen LogP contribution in [0.15, 0.2) is 140 Å². The zero-order valence-electron chi connectivity index (χ0n) is 24.9. The Hall–Kier alpha value is -5.40. The fourth-order valence-corrected chi connectivity index (χ4v) is 7.69. The highest BCUT2D eigenvalue weighted by Crippen LogP contribution is 2.52. The average molecular weight is 562 g/mol. The molecule has 1 heteroatoms. The van der Waals surface area contributed by atoms with Gasteiger partial charge in [-0.05, 0) is 108 Å². The van der Waals surface area contributed by atoms with Crippen LogP contribution in [0.3, 0.4) is 0 Å². The summed E-state index contributed by atoms with van der Waals surface area (Å²) < 4.78 is 0. The Labute approximate surface area is 257 Å². The van der Waals surface area contributed by atoms with Crippen LogP contribution >= 0.6 is 0 Å². The molecule has 0 aromatic heterocycles. The SMILES string of the molecule is Cc1cccc2c1-c1cccc3c(-c4c5ccccc5c(-c5ccc(C6=CC=CC(C)N6)cc5)c5ccccc45)ccc-2c13. The maximum absolute atomic E-state index is 3.59. The highest BCUT2D eigenvalue weighted by atomic mass is 14.9. The summed E-state index contributed by atoms with van der Waals surface area (Å²) in [4.78, 5) is 0. The maximum Gasteiger partial charge on any atom is 0.0419 e. The number of allylic oxidation sites excluding steroid dienone is 2. The number of aryl methyl sites for hydroxylation is 1. The van der Waals surface area contributed by atoms with Gasteiger partial charge in [-0.15, -0.1) is 0 Å². The fourth-order valence-electron chi connectivity index (χ4n) is 7.69. The molecule has 0 saturated carbocycles. The molecule has 1 unspecified atom stereocenters. The molecule has 0 spiro atoms. The van der Waals surface area contributed by atoms with Crippen LogP contribution in [0.25, 0.3) is 82.5 Å². The first-order valence-corrected chi connectivity index (χ1v) is 15.5. The van der Waals surface area contributed by atoms with E-state index in [1.54, 1.807) is 0 Å². The average Bonchev–Trinajstić information content (AvgIpc) is 3.40. The summed E-state index contributed by atoms with van der Waals surface area (Å²) in [5.74, 6) is 0. The van der Waals surface area contributed by atoms with Gasteiger partial charge < -0.3 is 5.32 Å². The Morgan fingerprint density at radius 3 is 1.77 bits per heavy atom. The molecule has 1 aliphatic heterocycles. The molecule has 0 radical (unpaired) electrons. The first-order chi connectivity index (χ1) is 21.7. The molecule has 1 aliphatic carbocycles. The van der Waals surface area contributed by atoms with E-state index >= 15 is 0 Å². The van der Waals surface area contributed by atoms with Gasteiger partial charge in [0, 0.05) is 11.7 Å². The van der Waals surface area contributed by atoms with Crippen molar-refractivity contribution in [3.63, 3.8) is 0 Å². The molecule has 1 N–H and O–H groups in total. The normalized spacial score (nSPS) is 15.0. The maximum atomic E-state index is 3.59. The molecular formula is C43H31N. The van der Waals surface area contributed by atoms with Gasteiger partial charge in [-0.1, -0.05) is 133 Å². The highest BCUT2D eigenvalue weighted by molar-refractivity contribution is 6.26. The molecule has 44 heavy (non-hydrogen) atoms. The van der Waals surface area contributed by atoms with Gasteiger partial charge in [0.25, 0.3) is 0 Å². The van der Waals surface area contributed by atoms with Gasteiger partial charge in [0.15, 0.2) is 0 Å². The molecule has 7 aromatic carbocycles. The Balaban J connectivity index is 1.30. The smallest absolute Gasteiger partial charge is 0.0419 e. The molecule has 7 aromatic rings. The number of hydrogen-bond donors (Lipinski definition) is 1. The monoisotopic (exact) mass is 561 g/mol. The van der Waals surface area contributed by atoms with Crippen molar-refractivity contribution in [1.82, 2.24) is 5.32 Å². The minimum atomic E-state index is 0.333. The molecule has 2 aliphatic rings. The summed E-state index contributed by atoms with van der Waals surface area (Å²) >= 11 is 0. The van der Waals surface area contributed by atoms with E-state index in [0.29, 0.717) is 6.04 Å². The van der Waals surface area contributed by atoms with Crippen LogP contribution in [-0.4, -0.2) is 6.04 Å². The van der Waals surface area contributed by atoms with E-state index in [-0.39, 0.29) is 0 Å². The Morgan fingerprint density at radius 2 is 1.07 bits per heavy atom. The van der Waals surface area contributed by atoms with Gasteiger partial charge in [0.2, 0.25) is 0 Å². The van der Waals surface area contributed by atoms with E-state index in [2.05, 4.69) is 159 Å². The quantitative estimate of drug-likeness (QED) is 0.212. The van der Waals surface area contributed by atoms with Crippen LogP contribution in [0.1, 0.15) is 18.1 Å². The van der Waals surface area contributed by atoms with Gasteiger partial charge in [-0.25, -0.2) is 0 Å². The summed E-state index contributed by atoms with van der Waals surface area (Å²) in [5.41, 5.74) is 14.3. The summed E-state index contributed by atoms with van der Waals surface area (Å²) in [7, 11) is 0. The summed E-state index contributed by atoms with van der Waals surface area (Å²) in [6, 6.07) is 45.6. The van der Waals surface area contributed by atoms with Crippen molar-refractivity contribution in [3.8, 4) is 44.5 Å². The second kappa shape index (κ2) is 9.56. The standard InChI is InChI=1S/C43H31N/c1-26-10-7-16-30-36-24-25-37(35-17-9-18-38(40(26)30)43(35)36)42-33-14-5-3-12-31(33)41(32-13-4-6-15-34(32)42)29-22-20-28(21-23-29)39-19-8-11-27(2)44-39/h3-25,27,44H,1-2H3. The fraction of sp³-hybridized carbons (Fsp3) is 0.0698. The third-order valence-corrected chi connectivity index (χ3v) is 9.60. The van der Waals surface area contributed by atoms with E-state index in [1.807, 2.05) is 0 Å². The van der Waals surface area contributed by atoms with Gasteiger partial charge >= 0.3 is 0 Å². The number of benzene rings is 7. The van der Waals surface area contributed by atoms with Crippen molar-refractivity contribution in [2.45, 2.75) is 19.9 Å². The van der Waals surface area contributed by atoms with Crippen LogP contribution in [0, 0.1) is 6.92 Å². The Kier molecular flexibility index (Phi) is 5.46. The summed E-state index contributed by atoms with van der Waals surface area (Å²) in [6.07, 6.45) is 6.48. The van der Waals surface area contributed by atoms with Crippen LogP contribution in [0.4, 0.5) is 0 Å². The lowest BCUT2D eigenvalue weighted by Gasteiger charge is -2.20. The first-order valence-electron chi connectivity index (χ1n) is 15.5. The number of rotatable bonds is 3. The van der Waals surface area contributed by atoms with Crippen molar-refractivity contribution in [3.05, 3.63) is 151 Å². The van der Waals surface area contributed by atoms with E-state index in [4.69, 9.17) is 0 Å². The summed E-state index contributed by atoms with van der Waals surface area (Å²) in [6.45, 7) is 4.41. The van der Waals surface area contributed by atoms with Crippen LogP contribution in [-0.2, 0) is 0 Å².